The molecule has 0 atom stereocenters. The molecule has 5 heteroatoms. The maximum Gasteiger partial charge on any atom is 0.163 e. The summed E-state index contributed by atoms with van der Waals surface area (Å²) >= 11 is 0. The minimum Gasteiger partial charge on any atom is -0.386 e. The molecule has 5 nitrogen and oxygen atoms in total. The molecule has 94 valence electrons. The van der Waals surface area contributed by atoms with E-state index >= 15 is 0 Å². The van der Waals surface area contributed by atoms with Gasteiger partial charge in [0.15, 0.2) is 5.78 Å². The largest absolute Gasteiger partial charge is 0.386 e. The van der Waals surface area contributed by atoms with Crippen LogP contribution in [0.1, 0.15) is 24.2 Å². The minimum absolute atomic E-state index is 0.0118. The van der Waals surface area contributed by atoms with E-state index in [9.17, 15) is 9.90 Å². The van der Waals surface area contributed by atoms with Gasteiger partial charge in [0, 0.05) is 25.0 Å². The molecule has 0 amide bonds. The lowest BCUT2D eigenvalue weighted by atomic mass is 9.96. The van der Waals surface area contributed by atoms with Crippen molar-refractivity contribution in [3.05, 3.63) is 30.1 Å². The van der Waals surface area contributed by atoms with Crippen LogP contribution < -0.4 is 4.90 Å². The van der Waals surface area contributed by atoms with Crippen molar-refractivity contribution in [3.8, 4) is 0 Å². The summed E-state index contributed by atoms with van der Waals surface area (Å²) in [6.45, 7) is 4.60. The third-order valence-corrected chi connectivity index (χ3v) is 3.31. The molecule has 3 heterocycles. The van der Waals surface area contributed by atoms with Crippen molar-refractivity contribution in [2.45, 2.75) is 19.4 Å². The summed E-state index contributed by atoms with van der Waals surface area (Å²) in [4.78, 5) is 13.6. The van der Waals surface area contributed by atoms with E-state index < -0.39 is 5.60 Å². The first-order valence-electron chi connectivity index (χ1n) is 5.92. The van der Waals surface area contributed by atoms with Crippen molar-refractivity contribution in [3.63, 3.8) is 0 Å². The fourth-order valence-electron chi connectivity index (χ4n) is 2.40. The lowest BCUT2D eigenvalue weighted by Gasteiger charge is -2.45. The molecule has 0 spiro atoms. The number of carbonyl (C=O) groups excluding carboxylic acids is 1. The van der Waals surface area contributed by atoms with Crippen molar-refractivity contribution in [1.82, 2.24) is 9.61 Å². The van der Waals surface area contributed by atoms with Crippen LogP contribution in [0.5, 0.6) is 0 Å². The van der Waals surface area contributed by atoms with E-state index in [4.69, 9.17) is 0 Å². The predicted molar refractivity (Wildman–Crippen MR) is 68.0 cm³/mol. The van der Waals surface area contributed by atoms with E-state index in [1.54, 1.807) is 10.7 Å². The fraction of sp³-hybridized carbons (Fsp3) is 0.385. The number of nitrogens with zero attached hydrogens (tertiary/aromatic N) is 3. The van der Waals surface area contributed by atoms with Gasteiger partial charge in [0.25, 0.3) is 0 Å². The van der Waals surface area contributed by atoms with Crippen molar-refractivity contribution in [2.75, 3.05) is 18.0 Å². The zero-order valence-corrected chi connectivity index (χ0v) is 10.4. The standard InChI is InChI=1S/C13H15N3O2/c1-9(17)11-6-14-16-4-3-10(5-12(11)16)15-7-13(2,18)8-15/h3-6,18H,7-8H2,1-2H3. The molecule has 0 bridgehead atoms. The molecule has 1 fully saturated rings. The summed E-state index contributed by atoms with van der Waals surface area (Å²) in [5.74, 6) is 0.0118. The molecule has 0 aromatic carbocycles. The highest BCUT2D eigenvalue weighted by Gasteiger charge is 2.36. The number of hydrogen-bond donors (Lipinski definition) is 1. The highest BCUT2D eigenvalue weighted by molar-refractivity contribution is 6.00. The quantitative estimate of drug-likeness (QED) is 0.805. The molecule has 2 aromatic heterocycles. The zero-order valence-electron chi connectivity index (χ0n) is 10.4. The van der Waals surface area contributed by atoms with Gasteiger partial charge < -0.3 is 10.0 Å². The Balaban J connectivity index is 2.00. The van der Waals surface area contributed by atoms with Crippen molar-refractivity contribution < 1.29 is 9.90 Å². The highest BCUT2D eigenvalue weighted by atomic mass is 16.3. The van der Waals surface area contributed by atoms with Gasteiger partial charge in [-0.05, 0) is 26.0 Å². The number of aromatic nitrogens is 2. The molecule has 0 radical (unpaired) electrons. The Morgan fingerprint density at radius 3 is 2.83 bits per heavy atom. The van der Waals surface area contributed by atoms with Crippen molar-refractivity contribution >= 4 is 17.0 Å². The number of rotatable bonds is 2. The van der Waals surface area contributed by atoms with Crippen LogP contribution in [-0.4, -0.2) is 39.2 Å². The number of Topliss-reactive ketones (excluding diaryl/α,β-unsaturated/α-hetero) is 1. The summed E-state index contributed by atoms with van der Waals surface area (Å²) in [7, 11) is 0. The van der Waals surface area contributed by atoms with Gasteiger partial charge in [-0.25, -0.2) is 4.52 Å². The second-order valence-electron chi connectivity index (χ2n) is 5.18. The number of fused-ring (bicyclic) bond motifs is 1. The first-order valence-corrected chi connectivity index (χ1v) is 5.92. The van der Waals surface area contributed by atoms with E-state index in [2.05, 4.69) is 10.00 Å². The predicted octanol–water partition coefficient (Wildman–Crippen LogP) is 1.11. The average molecular weight is 245 g/mol. The van der Waals surface area contributed by atoms with Gasteiger partial charge in [-0.3, -0.25) is 4.79 Å². The number of pyridine rings is 1. The molecule has 0 aliphatic carbocycles. The molecule has 1 N–H and O–H groups in total. The average Bonchev–Trinajstić information content (AvgIpc) is 2.68. The Morgan fingerprint density at radius 2 is 2.22 bits per heavy atom. The van der Waals surface area contributed by atoms with Crippen LogP contribution >= 0.6 is 0 Å². The Bertz CT molecular complexity index is 622. The molecule has 1 aliphatic rings. The number of ketones is 1. The molecule has 0 unspecified atom stereocenters. The maximum absolute atomic E-state index is 11.5. The number of hydrogen-bond acceptors (Lipinski definition) is 4. The van der Waals surface area contributed by atoms with Crippen LogP contribution in [0.2, 0.25) is 0 Å². The molecule has 1 saturated heterocycles. The molecule has 1 aliphatic heterocycles. The molecule has 2 aromatic rings. The normalized spacial score (nSPS) is 17.8. The van der Waals surface area contributed by atoms with E-state index in [0.29, 0.717) is 18.7 Å². The van der Waals surface area contributed by atoms with Crippen LogP contribution in [0.3, 0.4) is 0 Å². The van der Waals surface area contributed by atoms with Gasteiger partial charge in [0.1, 0.15) is 0 Å². The third kappa shape index (κ3) is 1.67. The van der Waals surface area contributed by atoms with Gasteiger partial charge in [0.2, 0.25) is 0 Å². The fourth-order valence-corrected chi connectivity index (χ4v) is 2.40. The summed E-state index contributed by atoms with van der Waals surface area (Å²) in [5.41, 5.74) is 1.85. The Morgan fingerprint density at radius 1 is 1.50 bits per heavy atom. The summed E-state index contributed by atoms with van der Waals surface area (Å²) < 4.78 is 1.69. The van der Waals surface area contributed by atoms with E-state index in [1.807, 2.05) is 25.3 Å². The summed E-state index contributed by atoms with van der Waals surface area (Å²) in [6, 6.07) is 3.89. The first kappa shape index (κ1) is 11.2. The van der Waals surface area contributed by atoms with E-state index in [0.717, 1.165) is 11.2 Å². The SMILES string of the molecule is CC(=O)c1cnn2ccc(N3CC(C)(O)C3)cc12. The van der Waals surface area contributed by atoms with Crippen LogP contribution in [0, 0.1) is 0 Å². The summed E-state index contributed by atoms with van der Waals surface area (Å²) in [5, 5.41) is 13.9. The van der Waals surface area contributed by atoms with Crippen LogP contribution in [0.25, 0.3) is 5.52 Å². The smallest absolute Gasteiger partial charge is 0.163 e. The lowest BCUT2D eigenvalue weighted by Crippen LogP contribution is -2.60. The van der Waals surface area contributed by atoms with Gasteiger partial charge >= 0.3 is 0 Å². The van der Waals surface area contributed by atoms with Gasteiger partial charge in [-0.2, -0.15) is 5.10 Å². The maximum atomic E-state index is 11.5. The Hall–Kier alpha value is -1.88. The second-order valence-corrected chi connectivity index (χ2v) is 5.18. The molecule has 3 rings (SSSR count). The Labute approximate surface area is 105 Å². The number of anilines is 1. The van der Waals surface area contributed by atoms with Gasteiger partial charge in [-0.15, -0.1) is 0 Å². The molecular formula is C13H15N3O2. The first-order chi connectivity index (χ1) is 8.46. The van der Waals surface area contributed by atoms with Gasteiger partial charge in [-0.1, -0.05) is 0 Å². The number of β-amino-alcohol motifs (C(OH)–C–C–N with tert-alkyl or cyclic N) is 1. The lowest BCUT2D eigenvalue weighted by molar-refractivity contribution is 0.0310. The van der Waals surface area contributed by atoms with E-state index in [1.165, 1.54) is 6.92 Å². The number of carbonyl (C=O) groups is 1. The van der Waals surface area contributed by atoms with Crippen molar-refractivity contribution in [1.29, 1.82) is 0 Å². The highest BCUT2D eigenvalue weighted by Crippen LogP contribution is 2.28. The van der Waals surface area contributed by atoms with Gasteiger partial charge in [0.05, 0.1) is 22.9 Å². The third-order valence-electron chi connectivity index (χ3n) is 3.31. The topological polar surface area (TPSA) is 57.8 Å². The van der Waals surface area contributed by atoms with Crippen LogP contribution in [-0.2, 0) is 0 Å². The monoisotopic (exact) mass is 245 g/mol. The Kier molecular flexibility index (Phi) is 2.22. The minimum atomic E-state index is -0.601. The molecule has 0 saturated carbocycles. The van der Waals surface area contributed by atoms with Crippen molar-refractivity contribution in [2.24, 2.45) is 0 Å². The zero-order chi connectivity index (χ0) is 12.9. The van der Waals surface area contributed by atoms with Crippen LogP contribution in [0.4, 0.5) is 5.69 Å². The molecule has 18 heavy (non-hydrogen) atoms. The number of aliphatic hydroxyl groups is 1. The molecular weight excluding hydrogens is 230 g/mol. The summed E-state index contributed by atoms with van der Waals surface area (Å²) in [6.07, 6.45) is 3.43. The second kappa shape index (κ2) is 3.55. The van der Waals surface area contributed by atoms with Crippen LogP contribution in [0.15, 0.2) is 24.5 Å². The van der Waals surface area contributed by atoms with E-state index in [-0.39, 0.29) is 5.78 Å².